The van der Waals surface area contributed by atoms with Gasteiger partial charge in [0.05, 0.1) is 26.3 Å². The van der Waals surface area contributed by atoms with Crippen molar-refractivity contribution < 1.29 is 14.3 Å². The summed E-state index contributed by atoms with van der Waals surface area (Å²) in [6.07, 6.45) is 1.59. The average Bonchev–Trinajstić information content (AvgIpc) is 3.34. The average molecular weight is 370 g/mol. The predicted molar refractivity (Wildman–Crippen MR) is 96.9 cm³/mol. The van der Waals surface area contributed by atoms with Crippen molar-refractivity contribution in [3.8, 4) is 0 Å². The Hall–Kier alpha value is -2.78. The molecule has 1 amide bonds. The van der Waals surface area contributed by atoms with Crippen molar-refractivity contribution >= 4 is 16.8 Å². The monoisotopic (exact) mass is 370 g/mol. The number of tetrazole rings is 1. The predicted octanol–water partition coefficient (Wildman–Crippen LogP) is 0.874. The third-order valence-corrected chi connectivity index (χ3v) is 4.66. The maximum atomic E-state index is 12.8. The number of nitrogens with zero attached hydrogens (tertiary/aromatic N) is 6. The lowest BCUT2D eigenvalue weighted by Gasteiger charge is -2.31. The molecule has 9 heteroatoms. The highest BCUT2D eigenvalue weighted by molar-refractivity contribution is 5.83. The topological polar surface area (TPSA) is 87.3 Å². The number of hydrogen-bond donors (Lipinski definition) is 0. The van der Waals surface area contributed by atoms with Crippen LogP contribution in [0.3, 0.4) is 0 Å². The number of morpholine rings is 1. The second-order valence-corrected chi connectivity index (χ2v) is 6.44. The van der Waals surface area contributed by atoms with Gasteiger partial charge in [-0.1, -0.05) is 18.2 Å². The van der Waals surface area contributed by atoms with Crippen LogP contribution in [-0.4, -0.2) is 69.0 Å². The fourth-order valence-electron chi connectivity index (χ4n) is 3.21. The first-order valence-corrected chi connectivity index (χ1v) is 8.94. The lowest BCUT2D eigenvalue weighted by atomic mass is 10.2. The van der Waals surface area contributed by atoms with Gasteiger partial charge in [0, 0.05) is 25.4 Å². The molecule has 27 heavy (non-hydrogen) atoms. The van der Waals surface area contributed by atoms with Crippen LogP contribution in [0.4, 0.5) is 0 Å². The summed E-state index contributed by atoms with van der Waals surface area (Å²) in [5.41, 5.74) is 1.05. The Morgan fingerprint density at radius 1 is 1.33 bits per heavy atom. The molecule has 0 spiro atoms. The summed E-state index contributed by atoms with van der Waals surface area (Å²) in [6, 6.07) is 10.1. The van der Waals surface area contributed by atoms with E-state index >= 15 is 0 Å². The molecule has 1 fully saturated rings. The molecule has 142 valence electrons. The van der Waals surface area contributed by atoms with Gasteiger partial charge in [0.1, 0.15) is 12.6 Å². The molecule has 1 aliphatic rings. The van der Waals surface area contributed by atoms with Crippen molar-refractivity contribution in [2.75, 3.05) is 33.4 Å². The van der Waals surface area contributed by atoms with Gasteiger partial charge in [-0.25, -0.2) is 0 Å². The maximum absolute atomic E-state index is 12.8. The summed E-state index contributed by atoms with van der Waals surface area (Å²) in [7, 11) is 1.62. The first-order valence-electron chi connectivity index (χ1n) is 8.94. The second-order valence-electron chi connectivity index (χ2n) is 6.44. The molecule has 0 aliphatic carbocycles. The zero-order chi connectivity index (χ0) is 18.6. The third-order valence-electron chi connectivity index (χ3n) is 4.66. The Morgan fingerprint density at radius 3 is 3.11 bits per heavy atom. The van der Waals surface area contributed by atoms with Crippen molar-refractivity contribution in [3.05, 3.63) is 42.4 Å². The van der Waals surface area contributed by atoms with Gasteiger partial charge in [0.2, 0.25) is 11.7 Å². The van der Waals surface area contributed by atoms with Crippen LogP contribution >= 0.6 is 0 Å². The number of carbonyl (C=O) groups is 1. The molecule has 2 aromatic heterocycles. The minimum absolute atomic E-state index is 0.0522. The fourth-order valence-corrected chi connectivity index (χ4v) is 3.21. The molecule has 0 radical (unpaired) electrons. The zero-order valence-electron chi connectivity index (χ0n) is 15.2. The van der Waals surface area contributed by atoms with Gasteiger partial charge in [-0.2, -0.15) is 4.80 Å². The van der Waals surface area contributed by atoms with E-state index in [4.69, 9.17) is 9.47 Å². The lowest BCUT2D eigenvalue weighted by molar-refractivity contribution is -0.139. The Labute approximate surface area is 156 Å². The van der Waals surface area contributed by atoms with E-state index in [9.17, 15) is 4.79 Å². The van der Waals surface area contributed by atoms with Crippen molar-refractivity contribution in [1.29, 1.82) is 0 Å². The SMILES string of the molecule is COCCn1nnc(C2CN(C(=O)Cn3ccc4ccccc43)CCO2)n1. The van der Waals surface area contributed by atoms with Gasteiger partial charge >= 0.3 is 0 Å². The molecule has 0 bridgehead atoms. The zero-order valence-corrected chi connectivity index (χ0v) is 15.2. The van der Waals surface area contributed by atoms with E-state index in [1.807, 2.05) is 41.1 Å². The van der Waals surface area contributed by atoms with Crippen LogP contribution in [0.5, 0.6) is 0 Å². The largest absolute Gasteiger partial charge is 0.383 e. The van der Waals surface area contributed by atoms with Gasteiger partial charge in [0.25, 0.3) is 0 Å². The number of carbonyl (C=O) groups excluding carboxylic acids is 1. The Kier molecular flexibility index (Phi) is 5.12. The minimum Gasteiger partial charge on any atom is -0.383 e. The maximum Gasteiger partial charge on any atom is 0.242 e. The van der Waals surface area contributed by atoms with Crippen molar-refractivity contribution in [2.24, 2.45) is 0 Å². The Balaban J connectivity index is 1.41. The number of rotatable bonds is 6. The van der Waals surface area contributed by atoms with Crippen LogP contribution in [0, 0.1) is 0 Å². The van der Waals surface area contributed by atoms with Crippen LogP contribution in [0.15, 0.2) is 36.5 Å². The van der Waals surface area contributed by atoms with E-state index in [1.54, 1.807) is 12.0 Å². The van der Waals surface area contributed by atoms with Crippen LogP contribution in [-0.2, 0) is 27.4 Å². The summed E-state index contributed by atoms with van der Waals surface area (Å²) >= 11 is 0. The van der Waals surface area contributed by atoms with Gasteiger partial charge in [-0.3, -0.25) is 4.79 Å². The second kappa shape index (κ2) is 7.85. The van der Waals surface area contributed by atoms with Gasteiger partial charge in [0.15, 0.2) is 0 Å². The summed E-state index contributed by atoms with van der Waals surface area (Å²) in [5.74, 6) is 0.548. The van der Waals surface area contributed by atoms with Crippen LogP contribution in [0.25, 0.3) is 10.9 Å². The number of benzene rings is 1. The molecule has 1 atom stereocenters. The summed E-state index contributed by atoms with van der Waals surface area (Å²) in [4.78, 5) is 16.1. The molecule has 3 aromatic rings. The first kappa shape index (κ1) is 17.6. The number of hydrogen-bond acceptors (Lipinski definition) is 6. The lowest BCUT2D eigenvalue weighted by Crippen LogP contribution is -2.43. The summed E-state index contributed by atoms with van der Waals surface area (Å²) in [6.45, 7) is 2.78. The van der Waals surface area contributed by atoms with Crippen LogP contribution in [0.1, 0.15) is 11.9 Å². The van der Waals surface area contributed by atoms with Crippen molar-refractivity contribution in [1.82, 2.24) is 29.7 Å². The third kappa shape index (κ3) is 3.83. The highest BCUT2D eigenvalue weighted by Gasteiger charge is 2.28. The van der Waals surface area contributed by atoms with E-state index in [2.05, 4.69) is 15.4 Å². The molecule has 4 rings (SSSR count). The summed E-state index contributed by atoms with van der Waals surface area (Å²) < 4.78 is 12.7. The van der Waals surface area contributed by atoms with E-state index < -0.39 is 0 Å². The van der Waals surface area contributed by atoms with Gasteiger partial charge in [-0.05, 0) is 22.7 Å². The van der Waals surface area contributed by atoms with Crippen molar-refractivity contribution in [3.63, 3.8) is 0 Å². The van der Waals surface area contributed by atoms with Crippen LogP contribution < -0.4 is 0 Å². The highest BCUT2D eigenvalue weighted by atomic mass is 16.5. The Morgan fingerprint density at radius 2 is 2.22 bits per heavy atom. The number of para-hydroxylation sites is 1. The van der Waals surface area contributed by atoms with Crippen molar-refractivity contribution in [2.45, 2.75) is 19.2 Å². The first-order chi connectivity index (χ1) is 13.2. The molecule has 1 saturated heterocycles. The van der Waals surface area contributed by atoms with E-state index in [1.165, 1.54) is 4.80 Å². The molecule has 1 unspecified atom stereocenters. The fraction of sp³-hybridized carbons (Fsp3) is 0.444. The smallest absolute Gasteiger partial charge is 0.242 e. The molecular weight excluding hydrogens is 348 g/mol. The number of ether oxygens (including phenoxy) is 2. The molecule has 3 heterocycles. The number of fused-ring (bicyclic) bond motifs is 1. The molecule has 1 aromatic carbocycles. The number of aromatic nitrogens is 5. The Bertz CT molecular complexity index is 921. The van der Waals surface area contributed by atoms with Crippen LogP contribution in [0.2, 0.25) is 0 Å². The minimum atomic E-state index is -0.361. The standard InChI is InChI=1S/C18H22N6O3/c1-26-10-9-24-20-18(19-21-24)16-12-23(8-11-27-16)17(25)13-22-7-6-14-4-2-3-5-15(14)22/h2-7,16H,8-13H2,1H3. The van der Waals surface area contributed by atoms with E-state index in [-0.39, 0.29) is 12.0 Å². The number of methoxy groups -OCH3 is 1. The van der Waals surface area contributed by atoms with E-state index in [0.717, 1.165) is 10.9 Å². The molecule has 0 saturated carbocycles. The normalized spacial score (nSPS) is 17.5. The van der Waals surface area contributed by atoms with Gasteiger partial charge < -0.3 is 18.9 Å². The number of amides is 1. The molecular formula is C18H22N6O3. The molecule has 0 N–H and O–H groups in total. The molecule has 9 nitrogen and oxygen atoms in total. The molecule has 1 aliphatic heterocycles. The van der Waals surface area contributed by atoms with Gasteiger partial charge in [-0.15, -0.1) is 10.2 Å². The summed E-state index contributed by atoms with van der Waals surface area (Å²) in [5, 5.41) is 13.5. The highest BCUT2D eigenvalue weighted by Crippen LogP contribution is 2.20. The van der Waals surface area contributed by atoms with E-state index in [0.29, 0.717) is 45.2 Å². The quantitative estimate of drug-likeness (QED) is 0.640.